The minimum absolute atomic E-state index is 0.0438. The van der Waals surface area contributed by atoms with Crippen LogP contribution in [0.2, 0.25) is 0 Å². The Morgan fingerprint density at radius 2 is 2.16 bits per heavy atom. The molecule has 0 bridgehead atoms. The van der Waals surface area contributed by atoms with E-state index in [4.69, 9.17) is 4.74 Å². The molecule has 0 atom stereocenters. The molecule has 19 heavy (non-hydrogen) atoms. The number of hydrogen-bond acceptors (Lipinski definition) is 4. The molecule has 1 fully saturated rings. The standard InChI is InChI=1S/C13H13N3O3/c1-19-11-7-3-2-5-10(11)6-4-8-14-16-9-12(17)15-13(16)18/h2-8H,9H2,1H3,(H,15,17,18)/b6-4+,14-8-. The van der Waals surface area contributed by atoms with Gasteiger partial charge < -0.3 is 4.74 Å². The van der Waals surface area contributed by atoms with E-state index in [0.717, 1.165) is 16.3 Å². The third kappa shape index (κ3) is 3.19. The van der Waals surface area contributed by atoms with Gasteiger partial charge in [-0.1, -0.05) is 18.2 Å². The normalized spacial score (nSPS) is 15.5. The smallest absolute Gasteiger partial charge is 0.344 e. The van der Waals surface area contributed by atoms with Gasteiger partial charge in [-0.05, 0) is 18.2 Å². The van der Waals surface area contributed by atoms with Crippen molar-refractivity contribution in [2.45, 2.75) is 0 Å². The van der Waals surface area contributed by atoms with Crippen LogP contribution in [0.1, 0.15) is 5.56 Å². The molecule has 1 heterocycles. The molecule has 0 unspecified atom stereocenters. The van der Waals surface area contributed by atoms with Gasteiger partial charge in [-0.15, -0.1) is 0 Å². The number of hydrazone groups is 1. The maximum absolute atomic E-state index is 11.2. The van der Waals surface area contributed by atoms with Gasteiger partial charge in [0.2, 0.25) is 5.91 Å². The van der Waals surface area contributed by atoms with Crippen molar-refractivity contribution in [3.8, 4) is 5.75 Å². The Hall–Kier alpha value is -2.63. The fourth-order valence-electron chi connectivity index (χ4n) is 1.59. The first-order valence-electron chi connectivity index (χ1n) is 5.65. The lowest BCUT2D eigenvalue weighted by atomic mass is 10.2. The van der Waals surface area contributed by atoms with E-state index in [1.54, 1.807) is 19.3 Å². The van der Waals surface area contributed by atoms with Crippen LogP contribution in [-0.4, -0.2) is 36.8 Å². The largest absolute Gasteiger partial charge is 0.496 e. The Balaban J connectivity index is 2.00. The molecule has 0 aliphatic carbocycles. The lowest BCUT2D eigenvalue weighted by Gasteiger charge is -2.03. The van der Waals surface area contributed by atoms with E-state index in [-0.39, 0.29) is 12.5 Å². The SMILES string of the molecule is COc1ccccc1/C=C/C=N\N1CC(=O)NC1=O. The molecule has 1 saturated heterocycles. The molecule has 1 aliphatic heterocycles. The Morgan fingerprint density at radius 1 is 1.37 bits per heavy atom. The molecule has 1 N–H and O–H groups in total. The number of ether oxygens (including phenoxy) is 1. The molecular formula is C13H13N3O3. The fourth-order valence-corrected chi connectivity index (χ4v) is 1.59. The van der Waals surface area contributed by atoms with Crippen molar-refractivity contribution in [2.75, 3.05) is 13.7 Å². The number of benzene rings is 1. The van der Waals surface area contributed by atoms with E-state index in [0.29, 0.717) is 0 Å². The van der Waals surface area contributed by atoms with Crippen molar-refractivity contribution in [3.63, 3.8) is 0 Å². The van der Waals surface area contributed by atoms with Gasteiger partial charge in [0, 0.05) is 11.8 Å². The van der Waals surface area contributed by atoms with Gasteiger partial charge in [-0.2, -0.15) is 5.10 Å². The van der Waals surface area contributed by atoms with Crippen molar-refractivity contribution >= 4 is 24.2 Å². The summed E-state index contributed by atoms with van der Waals surface area (Å²) in [6.07, 6.45) is 4.93. The van der Waals surface area contributed by atoms with E-state index in [9.17, 15) is 9.59 Å². The number of para-hydroxylation sites is 1. The molecule has 0 radical (unpaired) electrons. The Labute approximate surface area is 110 Å². The van der Waals surface area contributed by atoms with E-state index >= 15 is 0 Å². The van der Waals surface area contributed by atoms with Crippen molar-refractivity contribution < 1.29 is 14.3 Å². The Bertz CT molecular complexity index is 552. The summed E-state index contributed by atoms with van der Waals surface area (Å²) in [6.45, 7) is -0.0438. The zero-order chi connectivity index (χ0) is 13.7. The van der Waals surface area contributed by atoms with Crippen molar-refractivity contribution in [3.05, 3.63) is 35.9 Å². The second-order valence-electron chi connectivity index (χ2n) is 3.78. The predicted molar refractivity (Wildman–Crippen MR) is 70.8 cm³/mol. The molecule has 6 heteroatoms. The summed E-state index contributed by atoms with van der Waals surface area (Å²) in [5.74, 6) is 0.400. The summed E-state index contributed by atoms with van der Waals surface area (Å²) < 4.78 is 5.19. The molecule has 1 aromatic carbocycles. The molecular weight excluding hydrogens is 246 g/mol. The molecule has 98 valence electrons. The number of urea groups is 1. The molecule has 0 aromatic heterocycles. The summed E-state index contributed by atoms with van der Waals surface area (Å²) in [5.41, 5.74) is 0.901. The average Bonchev–Trinajstić information content (AvgIpc) is 2.73. The summed E-state index contributed by atoms with van der Waals surface area (Å²) in [7, 11) is 1.60. The lowest BCUT2D eigenvalue weighted by Crippen LogP contribution is -2.23. The van der Waals surface area contributed by atoms with Gasteiger partial charge in [0.25, 0.3) is 0 Å². The van der Waals surface area contributed by atoms with E-state index in [1.165, 1.54) is 6.21 Å². The van der Waals surface area contributed by atoms with E-state index < -0.39 is 6.03 Å². The summed E-state index contributed by atoms with van der Waals surface area (Å²) >= 11 is 0. The van der Waals surface area contributed by atoms with Crippen LogP contribution in [0.5, 0.6) is 5.75 Å². The van der Waals surface area contributed by atoms with Crippen molar-refractivity contribution in [1.29, 1.82) is 0 Å². The third-order valence-corrected chi connectivity index (χ3v) is 2.48. The van der Waals surface area contributed by atoms with E-state index in [1.807, 2.05) is 24.3 Å². The van der Waals surface area contributed by atoms with Gasteiger partial charge in [0.05, 0.1) is 7.11 Å². The second kappa shape index (κ2) is 5.81. The molecule has 3 amide bonds. The fraction of sp³-hybridized carbons (Fsp3) is 0.154. The van der Waals surface area contributed by atoms with Crippen molar-refractivity contribution in [1.82, 2.24) is 10.3 Å². The third-order valence-electron chi connectivity index (χ3n) is 2.48. The van der Waals surface area contributed by atoms with Gasteiger partial charge in [0.1, 0.15) is 12.3 Å². The molecule has 0 saturated carbocycles. The molecule has 0 spiro atoms. The first-order valence-corrected chi connectivity index (χ1v) is 5.65. The number of rotatable bonds is 4. The zero-order valence-corrected chi connectivity index (χ0v) is 10.4. The summed E-state index contributed by atoms with van der Waals surface area (Å²) in [5, 5.41) is 7.07. The highest BCUT2D eigenvalue weighted by molar-refractivity contribution is 6.02. The maximum atomic E-state index is 11.2. The lowest BCUT2D eigenvalue weighted by molar-refractivity contribution is -0.118. The highest BCUT2D eigenvalue weighted by Crippen LogP contribution is 2.18. The van der Waals surface area contributed by atoms with Crippen LogP contribution in [0.15, 0.2) is 35.4 Å². The summed E-state index contributed by atoms with van der Waals surface area (Å²) in [4.78, 5) is 22.1. The Kier molecular flexibility index (Phi) is 3.92. The highest BCUT2D eigenvalue weighted by Gasteiger charge is 2.25. The zero-order valence-electron chi connectivity index (χ0n) is 10.4. The Morgan fingerprint density at radius 3 is 2.84 bits per heavy atom. The van der Waals surface area contributed by atoms with Crippen LogP contribution >= 0.6 is 0 Å². The number of amides is 3. The number of allylic oxidation sites excluding steroid dienone is 1. The predicted octanol–water partition coefficient (Wildman–Crippen LogP) is 1.25. The second-order valence-corrected chi connectivity index (χ2v) is 3.78. The van der Waals surface area contributed by atoms with Gasteiger partial charge in [0.15, 0.2) is 0 Å². The number of nitrogens with zero attached hydrogens (tertiary/aromatic N) is 2. The van der Waals surface area contributed by atoms with Crippen LogP contribution in [0.3, 0.4) is 0 Å². The van der Waals surface area contributed by atoms with Crippen molar-refractivity contribution in [2.24, 2.45) is 5.10 Å². The monoisotopic (exact) mass is 259 g/mol. The van der Waals surface area contributed by atoms with Crippen LogP contribution < -0.4 is 10.1 Å². The summed E-state index contributed by atoms with van der Waals surface area (Å²) in [6, 6.07) is 7.02. The highest BCUT2D eigenvalue weighted by atomic mass is 16.5. The topological polar surface area (TPSA) is 71.0 Å². The number of methoxy groups -OCH3 is 1. The number of carbonyl (C=O) groups excluding carboxylic acids is 2. The molecule has 1 aliphatic rings. The molecule has 6 nitrogen and oxygen atoms in total. The maximum Gasteiger partial charge on any atom is 0.344 e. The minimum atomic E-state index is -0.507. The number of carbonyl (C=O) groups is 2. The first kappa shape index (κ1) is 12.8. The van der Waals surface area contributed by atoms with Crippen LogP contribution in [-0.2, 0) is 4.79 Å². The van der Waals surface area contributed by atoms with Crippen LogP contribution in [0.25, 0.3) is 6.08 Å². The number of imide groups is 1. The number of nitrogens with one attached hydrogen (secondary N) is 1. The quantitative estimate of drug-likeness (QED) is 0.653. The molecule has 2 rings (SSSR count). The van der Waals surface area contributed by atoms with Gasteiger partial charge in [-0.3, -0.25) is 10.1 Å². The van der Waals surface area contributed by atoms with E-state index in [2.05, 4.69) is 10.4 Å². The first-order chi connectivity index (χ1) is 9.20. The molecule has 1 aromatic rings. The van der Waals surface area contributed by atoms with Gasteiger partial charge in [-0.25, -0.2) is 9.80 Å². The number of hydrogen-bond donors (Lipinski definition) is 1. The van der Waals surface area contributed by atoms with Crippen LogP contribution in [0, 0.1) is 0 Å². The minimum Gasteiger partial charge on any atom is -0.496 e. The average molecular weight is 259 g/mol. The van der Waals surface area contributed by atoms with Gasteiger partial charge >= 0.3 is 6.03 Å². The van der Waals surface area contributed by atoms with Crippen LogP contribution in [0.4, 0.5) is 4.79 Å².